The van der Waals surface area contributed by atoms with Crippen molar-refractivity contribution >= 4 is 17.7 Å². The molecule has 0 saturated heterocycles. The smallest absolute Gasteiger partial charge is 0.261 e. The molecule has 0 spiro atoms. The summed E-state index contributed by atoms with van der Waals surface area (Å²) in [5.41, 5.74) is 6.19. The Balaban J connectivity index is 1.85. The number of nitrogens with two attached hydrogens (primary N) is 1. The molecule has 2 aliphatic rings. The van der Waals surface area contributed by atoms with Gasteiger partial charge in [-0.3, -0.25) is 19.3 Å². The molecule has 0 atom stereocenters. The van der Waals surface area contributed by atoms with Crippen molar-refractivity contribution in [3.63, 3.8) is 0 Å². The predicted octanol–water partition coefficient (Wildman–Crippen LogP) is 2.08. The first-order valence-corrected chi connectivity index (χ1v) is 8.88. The monoisotopic (exact) mass is 343 g/mol. The minimum atomic E-state index is -0.538. The Hall–Kier alpha value is -2.21. The van der Waals surface area contributed by atoms with Gasteiger partial charge in [0.2, 0.25) is 0 Å². The third-order valence-electron chi connectivity index (χ3n) is 5.08. The number of nitrogens with one attached hydrogen (secondary N) is 1. The third-order valence-corrected chi connectivity index (χ3v) is 5.08. The Kier molecular flexibility index (Phi) is 4.64. The van der Waals surface area contributed by atoms with Crippen molar-refractivity contribution in [1.29, 1.82) is 0 Å². The Morgan fingerprint density at radius 1 is 1.16 bits per heavy atom. The topological polar surface area (TPSA) is 92.5 Å². The largest absolute Gasteiger partial charge is 0.346 e. The highest BCUT2D eigenvalue weighted by Crippen LogP contribution is 2.31. The second-order valence-electron chi connectivity index (χ2n) is 7.57. The van der Waals surface area contributed by atoms with Gasteiger partial charge in [-0.05, 0) is 44.9 Å². The molecule has 25 heavy (non-hydrogen) atoms. The van der Waals surface area contributed by atoms with E-state index in [2.05, 4.69) is 5.32 Å². The molecule has 3 rings (SSSR count). The molecule has 3 amide bonds. The molecule has 6 heteroatoms. The van der Waals surface area contributed by atoms with Crippen LogP contribution >= 0.6 is 0 Å². The normalized spacial score (nSPS) is 18.4. The molecule has 0 aromatic heterocycles. The molecule has 1 aromatic carbocycles. The van der Waals surface area contributed by atoms with Crippen molar-refractivity contribution in [1.82, 2.24) is 10.2 Å². The summed E-state index contributed by atoms with van der Waals surface area (Å²) in [5, 5.41) is 2.84. The molecule has 1 aliphatic carbocycles. The van der Waals surface area contributed by atoms with Gasteiger partial charge in [-0.2, -0.15) is 0 Å². The van der Waals surface area contributed by atoms with E-state index in [1.54, 1.807) is 12.1 Å². The van der Waals surface area contributed by atoms with E-state index in [4.69, 9.17) is 5.73 Å². The molecule has 6 nitrogen and oxygen atoms in total. The summed E-state index contributed by atoms with van der Waals surface area (Å²) >= 11 is 0. The molecule has 1 heterocycles. The van der Waals surface area contributed by atoms with Crippen LogP contribution in [0, 0.1) is 0 Å². The van der Waals surface area contributed by atoms with Crippen LogP contribution in [-0.4, -0.2) is 40.7 Å². The Labute approximate surface area is 147 Å². The molecule has 0 bridgehead atoms. The highest BCUT2D eigenvalue weighted by atomic mass is 16.2. The average Bonchev–Trinajstić information content (AvgIpc) is 2.86. The van der Waals surface area contributed by atoms with E-state index < -0.39 is 5.54 Å². The van der Waals surface area contributed by atoms with Gasteiger partial charge in [-0.25, -0.2) is 0 Å². The van der Waals surface area contributed by atoms with Crippen LogP contribution in [0.5, 0.6) is 0 Å². The fraction of sp³-hybridized carbons (Fsp3) is 0.526. The van der Waals surface area contributed by atoms with Crippen LogP contribution in [0.4, 0.5) is 0 Å². The minimum Gasteiger partial charge on any atom is -0.346 e. The third kappa shape index (κ3) is 3.31. The maximum atomic E-state index is 12.8. The first kappa shape index (κ1) is 17.6. The molecule has 0 radical (unpaired) electrons. The Morgan fingerprint density at radius 2 is 1.80 bits per heavy atom. The molecule has 1 fully saturated rings. The van der Waals surface area contributed by atoms with Crippen LogP contribution < -0.4 is 11.1 Å². The van der Waals surface area contributed by atoms with E-state index in [0.29, 0.717) is 23.2 Å². The second kappa shape index (κ2) is 6.59. The van der Waals surface area contributed by atoms with E-state index in [9.17, 15) is 14.4 Å². The lowest BCUT2D eigenvalue weighted by Gasteiger charge is -2.29. The summed E-state index contributed by atoms with van der Waals surface area (Å²) in [6, 6.07) is 4.69. The zero-order valence-corrected chi connectivity index (χ0v) is 14.8. The van der Waals surface area contributed by atoms with Crippen LogP contribution in [-0.2, 0) is 0 Å². The van der Waals surface area contributed by atoms with Crippen molar-refractivity contribution in [2.75, 3.05) is 6.54 Å². The summed E-state index contributed by atoms with van der Waals surface area (Å²) < 4.78 is 0. The highest BCUT2D eigenvalue weighted by Gasteiger charge is 2.40. The molecule has 0 unspecified atom stereocenters. The van der Waals surface area contributed by atoms with Crippen molar-refractivity contribution < 1.29 is 14.4 Å². The van der Waals surface area contributed by atoms with Gasteiger partial charge in [0, 0.05) is 23.7 Å². The van der Waals surface area contributed by atoms with Crippen molar-refractivity contribution in [3.8, 4) is 0 Å². The molecule has 3 N–H and O–H groups in total. The van der Waals surface area contributed by atoms with Crippen molar-refractivity contribution in [2.24, 2.45) is 5.73 Å². The lowest BCUT2D eigenvalue weighted by atomic mass is 9.94. The van der Waals surface area contributed by atoms with Gasteiger partial charge in [0.05, 0.1) is 11.1 Å². The van der Waals surface area contributed by atoms with Gasteiger partial charge in [-0.15, -0.1) is 0 Å². The van der Waals surface area contributed by atoms with Gasteiger partial charge in [0.1, 0.15) is 0 Å². The van der Waals surface area contributed by atoms with E-state index in [-0.39, 0.29) is 23.8 Å². The molecular formula is C19H25N3O3. The van der Waals surface area contributed by atoms with Gasteiger partial charge in [-0.1, -0.05) is 19.3 Å². The molecule has 1 aromatic rings. The zero-order valence-electron chi connectivity index (χ0n) is 14.8. The van der Waals surface area contributed by atoms with Gasteiger partial charge in [0.25, 0.3) is 17.7 Å². The van der Waals surface area contributed by atoms with Crippen LogP contribution in [0.25, 0.3) is 0 Å². The number of hydrogen-bond donors (Lipinski definition) is 2. The number of nitrogens with zero attached hydrogens (tertiary/aromatic N) is 1. The predicted molar refractivity (Wildman–Crippen MR) is 94.4 cm³/mol. The summed E-state index contributed by atoms with van der Waals surface area (Å²) in [6.07, 6.45) is 4.97. The highest BCUT2D eigenvalue weighted by molar-refractivity contribution is 6.22. The van der Waals surface area contributed by atoms with Crippen molar-refractivity contribution in [2.45, 2.75) is 57.5 Å². The maximum absolute atomic E-state index is 12.8. The fourth-order valence-electron chi connectivity index (χ4n) is 3.50. The van der Waals surface area contributed by atoms with Crippen LogP contribution in [0.2, 0.25) is 0 Å². The number of hydrogen-bond acceptors (Lipinski definition) is 4. The number of rotatable bonds is 4. The second-order valence-corrected chi connectivity index (χ2v) is 7.57. The molecule has 1 saturated carbocycles. The number of benzene rings is 1. The lowest BCUT2D eigenvalue weighted by Crippen LogP contribution is -2.48. The fourth-order valence-corrected chi connectivity index (χ4v) is 3.50. The number of carbonyl (C=O) groups excluding carboxylic acids is 3. The molecular weight excluding hydrogens is 318 g/mol. The number of amides is 3. The van der Waals surface area contributed by atoms with Crippen LogP contribution in [0.3, 0.4) is 0 Å². The number of imide groups is 1. The average molecular weight is 343 g/mol. The van der Waals surface area contributed by atoms with Gasteiger partial charge >= 0.3 is 0 Å². The van der Waals surface area contributed by atoms with E-state index >= 15 is 0 Å². The van der Waals surface area contributed by atoms with E-state index in [1.807, 2.05) is 13.8 Å². The summed E-state index contributed by atoms with van der Waals surface area (Å²) in [7, 11) is 0. The van der Waals surface area contributed by atoms with Gasteiger partial charge < -0.3 is 11.1 Å². The standard InChI is InChI=1S/C19H25N3O3/c1-19(2,11-20)21-16(23)12-8-9-14-15(10-12)18(25)22(17(14)24)13-6-4-3-5-7-13/h8-10,13H,3-7,11,20H2,1-2H3,(H,21,23). The Morgan fingerprint density at radius 3 is 2.44 bits per heavy atom. The number of carbonyl (C=O) groups is 3. The van der Waals surface area contributed by atoms with Crippen molar-refractivity contribution in [3.05, 3.63) is 34.9 Å². The van der Waals surface area contributed by atoms with Crippen LogP contribution in [0.15, 0.2) is 18.2 Å². The molecule has 134 valence electrons. The van der Waals surface area contributed by atoms with Crippen LogP contribution in [0.1, 0.15) is 77.0 Å². The Bertz CT molecular complexity index is 721. The zero-order chi connectivity index (χ0) is 18.2. The lowest BCUT2D eigenvalue weighted by molar-refractivity contribution is 0.0548. The summed E-state index contributed by atoms with van der Waals surface area (Å²) in [5.74, 6) is -0.810. The maximum Gasteiger partial charge on any atom is 0.261 e. The quantitative estimate of drug-likeness (QED) is 0.819. The van der Waals surface area contributed by atoms with Gasteiger partial charge in [0.15, 0.2) is 0 Å². The minimum absolute atomic E-state index is 0.0189. The molecule has 1 aliphatic heterocycles. The SMILES string of the molecule is CC(C)(CN)NC(=O)c1ccc2c(c1)C(=O)N(C1CCCCC1)C2=O. The summed E-state index contributed by atoms with van der Waals surface area (Å²) in [6.45, 7) is 3.96. The van der Waals surface area contributed by atoms with E-state index in [1.165, 1.54) is 11.0 Å². The first-order valence-electron chi connectivity index (χ1n) is 8.88. The number of fused-ring (bicyclic) bond motifs is 1. The first-order chi connectivity index (χ1) is 11.8. The van der Waals surface area contributed by atoms with E-state index in [0.717, 1.165) is 32.1 Å². The summed E-state index contributed by atoms with van der Waals surface area (Å²) in [4.78, 5) is 39.2.